The summed E-state index contributed by atoms with van der Waals surface area (Å²) in [6, 6.07) is 53.7. The summed E-state index contributed by atoms with van der Waals surface area (Å²) in [5.74, 6) is 0. The summed E-state index contributed by atoms with van der Waals surface area (Å²) in [7, 11) is 0. The molecule has 0 spiro atoms. The van der Waals surface area contributed by atoms with Crippen molar-refractivity contribution in [1.82, 2.24) is 9.13 Å². The van der Waals surface area contributed by atoms with Gasteiger partial charge in [0.25, 0.3) is 0 Å². The predicted molar refractivity (Wildman–Crippen MR) is 190 cm³/mol. The Balaban J connectivity index is 1.37. The number of hydrogen-bond donors (Lipinski definition) is 0. The maximum Gasteiger partial charge on any atom is 0.0622 e. The Kier molecular flexibility index (Phi) is 4.82. The third-order valence-corrected chi connectivity index (χ3v) is 10.3. The lowest BCUT2D eigenvalue weighted by atomic mass is 9.80. The quantitative estimate of drug-likeness (QED) is 0.194. The zero-order valence-electron chi connectivity index (χ0n) is 25.3. The second-order valence-corrected chi connectivity index (χ2v) is 13.0. The van der Waals surface area contributed by atoms with Crippen molar-refractivity contribution in [2.45, 2.75) is 19.3 Å². The van der Waals surface area contributed by atoms with E-state index in [0.717, 1.165) is 0 Å². The van der Waals surface area contributed by atoms with Crippen LogP contribution in [0, 0.1) is 0 Å². The zero-order chi connectivity index (χ0) is 29.9. The molecule has 2 heterocycles. The molecule has 0 atom stereocenters. The molecule has 0 amide bonds. The molecular weight excluding hydrogens is 544 g/mol. The van der Waals surface area contributed by atoms with Crippen LogP contribution in [-0.2, 0) is 5.41 Å². The third-order valence-electron chi connectivity index (χ3n) is 10.3. The Morgan fingerprint density at radius 1 is 0.444 bits per heavy atom. The Morgan fingerprint density at radius 3 is 1.87 bits per heavy atom. The van der Waals surface area contributed by atoms with Gasteiger partial charge in [0.2, 0.25) is 0 Å². The van der Waals surface area contributed by atoms with Crippen molar-refractivity contribution >= 4 is 54.4 Å². The molecular formula is C43H30N2. The number of rotatable bonds is 2. The molecule has 7 aromatic carbocycles. The van der Waals surface area contributed by atoms with Gasteiger partial charge in [-0.05, 0) is 70.1 Å². The standard InChI is InChI=1S/C43H30N2/c1-43(2)36-17-9-6-14-30(36)33-23-20-27-21-24-34-35-26-29(44-37-18-10-7-15-31(37)32-16-8-11-19-38(32)44)22-25-39(35)45(28-12-4-3-5-13-28)42(34)40(27)41(33)43/h3-26H,1-2H3. The molecule has 2 heteroatoms. The molecule has 1 aliphatic rings. The Hall–Kier alpha value is -5.60. The van der Waals surface area contributed by atoms with Crippen molar-refractivity contribution in [3.63, 3.8) is 0 Å². The van der Waals surface area contributed by atoms with Gasteiger partial charge in [-0.25, -0.2) is 0 Å². The highest BCUT2D eigenvalue weighted by molar-refractivity contribution is 6.21. The van der Waals surface area contributed by atoms with E-state index in [4.69, 9.17) is 0 Å². The first-order valence-electron chi connectivity index (χ1n) is 15.8. The largest absolute Gasteiger partial charge is 0.309 e. The number of fused-ring (bicyclic) bond motifs is 12. The second kappa shape index (κ2) is 8.74. The number of benzene rings is 7. The van der Waals surface area contributed by atoms with Crippen LogP contribution in [0.3, 0.4) is 0 Å². The Morgan fingerprint density at radius 2 is 1.09 bits per heavy atom. The van der Waals surface area contributed by atoms with Crippen LogP contribution < -0.4 is 0 Å². The van der Waals surface area contributed by atoms with E-state index < -0.39 is 0 Å². The van der Waals surface area contributed by atoms with Gasteiger partial charge in [-0.1, -0.05) is 117 Å². The van der Waals surface area contributed by atoms with Crippen molar-refractivity contribution in [3.05, 3.63) is 157 Å². The molecule has 0 aliphatic heterocycles. The van der Waals surface area contributed by atoms with Crippen LogP contribution >= 0.6 is 0 Å². The number of nitrogens with zero attached hydrogens (tertiary/aromatic N) is 2. The lowest BCUT2D eigenvalue weighted by molar-refractivity contribution is 0.666. The predicted octanol–water partition coefficient (Wildman–Crippen LogP) is 11.3. The third kappa shape index (κ3) is 3.18. The van der Waals surface area contributed by atoms with Gasteiger partial charge in [-0.15, -0.1) is 0 Å². The molecule has 9 aromatic rings. The molecule has 0 saturated carbocycles. The summed E-state index contributed by atoms with van der Waals surface area (Å²) >= 11 is 0. The highest BCUT2D eigenvalue weighted by Gasteiger charge is 2.37. The van der Waals surface area contributed by atoms with Crippen LogP contribution in [0.15, 0.2) is 146 Å². The SMILES string of the molecule is CC1(C)c2ccccc2-c2ccc3ccc4c5cc(-n6c7ccccc7c7ccccc76)ccc5n(-c5ccccc5)c4c3c21. The van der Waals surface area contributed by atoms with Crippen molar-refractivity contribution in [1.29, 1.82) is 0 Å². The molecule has 0 bridgehead atoms. The lowest BCUT2D eigenvalue weighted by Gasteiger charge is -2.24. The fourth-order valence-electron chi connectivity index (χ4n) is 8.36. The molecule has 45 heavy (non-hydrogen) atoms. The van der Waals surface area contributed by atoms with Crippen molar-refractivity contribution < 1.29 is 0 Å². The maximum absolute atomic E-state index is 2.50. The van der Waals surface area contributed by atoms with Gasteiger partial charge in [-0.3, -0.25) is 0 Å². The second-order valence-electron chi connectivity index (χ2n) is 13.0. The first kappa shape index (κ1) is 24.8. The molecule has 0 radical (unpaired) electrons. The van der Waals surface area contributed by atoms with Gasteiger partial charge in [0.05, 0.1) is 22.1 Å². The molecule has 0 N–H and O–H groups in total. The molecule has 0 fully saturated rings. The fourth-order valence-corrected chi connectivity index (χ4v) is 8.36. The van der Waals surface area contributed by atoms with Crippen LogP contribution in [0.25, 0.3) is 76.9 Å². The van der Waals surface area contributed by atoms with Crippen LogP contribution in [0.1, 0.15) is 25.0 Å². The van der Waals surface area contributed by atoms with E-state index in [0.29, 0.717) is 0 Å². The molecule has 1 aliphatic carbocycles. The summed E-state index contributed by atoms with van der Waals surface area (Å²) in [6.45, 7) is 4.79. The maximum atomic E-state index is 2.50. The van der Waals surface area contributed by atoms with E-state index in [-0.39, 0.29) is 5.41 Å². The monoisotopic (exact) mass is 574 g/mol. The Labute approximate surface area is 261 Å². The van der Waals surface area contributed by atoms with Gasteiger partial charge in [0.15, 0.2) is 0 Å². The zero-order valence-corrected chi connectivity index (χ0v) is 25.3. The molecule has 2 aromatic heterocycles. The average Bonchev–Trinajstić information content (AvgIpc) is 3.68. The van der Waals surface area contributed by atoms with Gasteiger partial charge in [0.1, 0.15) is 0 Å². The van der Waals surface area contributed by atoms with Crippen molar-refractivity contribution in [2.24, 2.45) is 0 Å². The van der Waals surface area contributed by atoms with Gasteiger partial charge < -0.3 is 9.13 Å². The van der Waals surface area contributed by atoms with Crippen LogP contribution in [0.4, 0.5) is 0 Å². The Bertz CT molecular complexity index is 2610. The number of aromatic nitrogens is 2. The van der Waals surface area contributed by atoms with E-state index in [1.165, 1.54) is 88.0 Å². The van der Waals surface area contributed by atoms with Crippen molar-refractivity contribution in [2.75, 3.05) is 0 Å². The first-order chi connectivity index (χ1) is 22.1. The first-order valence-corrected chi connectivity index (χ1v) is 15.8. The van der Waals surface area contributed by atoms with E-state index in [2.05, 4.69) is 169 Å². The fraction of sp³-hybridized carbons (Fsp3) is 0.0698. The highest BCUT2D eigenvalue weighted by Crippen LogP contribution is 2.53. The molecule has 0 unspecified atom stereocenters. The van der Waals surface area contributed by atoms with Crippen LogP contribution in [0.5, 0.6) is 0 Å². The van der Waals surface area contributed by atoms with Crippen LogP contribution in [-0.4, -0.2) is 9.13 Å². The summed E-state index contributed by atoms with van der Waals surface area (Å²) in [6.07, 6.45) is 0. The highest BCUT2D eigenvalue weighted by atomic mass is 15.0. The minimum absolute atomic E-state index is 0.119. The molecule has 212 valence electrons. The van der Waals surface area contributed by atoms with E-state index in [9.17, 15) is 0 Å². The number of hydrogen-bond acceptors (Lipinski definition) is 0. The van der Waals surface area contributed by atoms with E-state index >= 15 is 0 Å². The molecule has 10 rings (SSSR count). The van der Waals surface area contributed by atoms with Crippen molar-refractivity contribution in [3.8, 4) is 22.5 Å². The average molecular weight is 575 g/mol. The van der Waals surface area contributed by atoms with Gasteiger partial charge >= 0.3 is 0 Å². The normalized spacial score (nSPS) is 13.7. The minimum atomic E-state index is -0.119. The molecule has 0 saturated heterocycles. The molecule has 2 nitrogen and oxygen atoms in total. The van der Waals surface area contributed by atoms with E-state index in [1.54, 1.807) is 0 Å². The summed E-state index contributed by atoms with van der Waals surface area (Å²) < 4.78 is 4.93. The minimum Gasteiger partial charge on any atom is -0.309 e. The summed E-state index contributed by atoms with van der Waals surface area (Å²) in [5, 5.41) is 7.74. The summed E-state index contributed by atoms with van der Waals surface area (Å²) in [4.78, 5) is 0. The number of para-hydroxylation sites is 3. The topological polar surface area (TPSA) is 9.86 Å². The van der Waals surface area contributed by atoms with Gasteiger partial charge in [-0.2, -0.15) is 0 Å². The lowest BCUT2D eigenvalue weighted by Crippen LogP contribution is -2.15. The summed E-state index contributed by atoms with van der Waals surface area (Å²) in [5.41, 5.74) is 12.7. The van der Waals surface area contributed by atoms with Gasteiger partial charge in [0, 0.05) is 43.7 Å². The smallest absolute Gasteiger partial charge is 0.0622 e. The van der Waals surface area contributed by atoms with E-state index in [1.807, 2.05) is 0 Å². The van der Waals surface area contributed by atoms with Crippen LogP contribution in [0.2, 0.25) is 0 Å².